The van der Waals surface area contributed by atoms with Crippen LogP contribution in [0.3, 0.4) is 0 Å². The van der Waals surface area contributed by atoms with E-state index in [-0.39, 0.29) is 12.1 Å². The van der Waals surface area contributed by atoms with E-state index in [0.717, 1.165) is 19.4 Å². The minimum absolute atomic E-state index is 0.0333. The molecule has 0 aliphatic heterocycles. The number of aryl methyl sites for hydroxylation is 2. The van der Waals surface area contributed by atoms with Crippen molar-refractivity contribution < 1.29 is 5.11 Å². The van der Waals surface area contributed by atoms with Crippen molar-refractivity contribution in [1.82, 2.24) is 5.32 Å². The lowest BCUT2D eigenvalue weighted by Gasteiger charge is -2.37. The number of aliphatic hydroxyl groups is 1. The SMILES string of the molecule is Cc1ccc(C)c(CNC2(CO)CCCCC2)c1. The maximum Gasteiger partial charge on any atom is 0.0613 e. The third-order valence-electron chi connectivity index (χ3n) is 4.27. The zero-order chi connectivity index (χ0) is 13.0. The second kappa shape index (κ2) is 5.85. The third-order valence-corrected chi connectivity index (χ3v) is 4.27. The maximum absolute atomic E-state index is 9.68. The van der Waals surface area contributed by atoms with Crippen LogP contribution in [-0.4, -0.2) is 17.3 Å². The second-order valence-electron chi connectivity index (χ2n) is 5.78. The molecule has 0 unspecified atom stereocenters. The van der Waals surface area contributed by atoms with E-state index < -0.39 is 0 Å². The normalized spacial score (nSPS) is 18.8. The lowest BCUT2D eigenvalue weighted by atomic mass is 9.82. The number of nitrogens with one attached hydrogen (secondary N) is 1. The molecule has 0 spiro atoms. The molecule has 2 nitrogen and oxygen atoms in total. The minimum Gasteiger partial charge on any atom is -0.394 e. The molecule has 0 heterocycles. The molecule has 1 saturated carbocycles. The van der Waals surface area contributed by atoms with Crippen LogP contribution in [0.1, 0.15) is 48.8 Å². The van der Waals surface area contributed by atoms with Crippen LogP contribution in [0.25, 0.3) is 0 Å². The van der Waals surface area contributed by atoms with Gasteiger partial charge >= 0.3 is 0 Å². The van der Waals surface area contributed by atoms with Gasteiger partial charge in [-0.3, -0.25) is 0 Å². The van der Waals surface area contributed by atoms with Crippen molar-refractivity contribution in [3.05, 3.63) is 34.9 Å². The average Bonchev–Trinajstić information content (AvgIpc) is 2.41. The molecule has 1 aliphatic rings. The number of hydrogen-bond donors (Lipinski definition) is 2. The Bertz CT molecular complexity index is 394. The van der Waals surface area contributed by atoms with Crippen LogP contribution in [0.15, 0.2) is 18.2 Å². The van der Waals surface area contributed by atoms with E-state index in [2.05, 4.69) is 37.4 Å². The summed E-state index contributed by atoms with van der Waals surface area (Å²) in [5.41, 5.74) is 3.96. The predicted molar refractivity (Wildman–Crippen MR) is 75.7 cm³/mol. The van der Waals surface area contributed by atoms with Crippen molar-refractivity contribution in [1.29, 1.82) is 0 Å². The standard InChI is InChI=1S/C16H25NO/c1-13-6-7-14(2)15(10-13)11-17-16(12-18)8-4-3-5-9-16/h6-7,10,17-18H,3-5,8-9,11-12H2,1-2H3. The Morgan fingerprint density at radius 3 is 2.56 bits per heavy atom. The fraction of sp³-hybridized carbons (Fsp3) is 0.625. The van der Waals surface area contributed by atoms with Gasteiger partial charge in [0.1, 0.15) is 0 Å². The van der Waals surface area contributed by atoms with Gasteiger partial charge in [0.2, 0.25) is 0 Å². The topological polar surface area (TPSA) is 32.3 Å². The number of hydrogen-bond acceptors (Lipinski definition) is 2. The first-order valence-corrected chi connectivity index (χ1v) is 7.07. The first kappa shape index (κ1) is 13.6. The molecular formula is C16H25NO. The van der Waals surface area contributed by atoms with E-state index in [9.17, 15) is 5.11 Å². The van der Waals surface area contributed by atoms with Crippen LogP contribution >= 0.6 is 0 Å². The fourth-order valence-electron chi connectivity index (χ4n) is 2.89. The number of rotatable bonds is 4. The van der Waals surface area contributed by atoms with E-state index >= 15 is 0 Å². The summed E-state index contributed by atoms with van der Waals surface area (Å²) in [6, 6.07) is 6.58. The Morgan fingerprint density at radius 2 is 1.89 bits per heavy atom. The van der Waals surface area contributed by atoms with Gasteiger partial charge in [-0.05, 0) is 37.8 Å². The largest absolute Gasteiger partial charge is 0.394 e. The van der Waals surface area contributed by atoms with E-state index in [1.807, 2.05) is 0 Å². The molecule has 2 N–H and O–H groups in total. The Hall–Kier alpha value is -0.860. The molecule has 1 aromatic rings. The molecule has 0 amide bonds. The van der Waals surface area contributed by atoms with Crippen molar-refractivity contribution in [2.75, 3.05) is 6.61 Å². The molecule has 0 aromatic heterocycles. The van der Waals surface area contributed by atoms with Crippen molar-refractivity contribution >= 4 is 0 Å². The monoisotopic (exact) mass is 247 g/mol. The smallest absolute Gasteiger partial charge is 0.0613 e. The zero-order valence-electron chi connectivity index (χ0n) is 11.6. The van der Waals surface area contributed by atoms with Gasteiger partial charge < -0.3 is 10.4 Å². The van der Waals surface area contributed by atoms with E-state index in [4.69, 9.17) is 0 Å². The summed E-state index contributed by atoms with van der Waals surface area (Å²) in [7, 11) is 0. The summed E-state index contributed by atoms with van der Waals surface area (Å²) in [6.07, 6.45) is 6.00. The molecule has 1 aliphatic carbocycles. The van der Waals surface area contributed by atoms with Gasteiger partial charge in [0, 0.05) is 12.1 Å². The zero-order valence-corrected chi connectivity index (χ0v) is 11.6. The Morgan fingerprint density at radius 1 is 1.17 bits per heavy atom. The summed E-state index contributed by atoms with van der Waals surface area (Å²) in [6.45, 7) is 5.42. The van der Waals surface area contributed by atoms with Crippen molar-refractivity contribution in [3.8, 4) is 0 Å². The summed E-state index contributed by atoms with van der Waals surface area (Å²) in [5.74, 6) is 0. The molecular weight excluding hydrogens is 222 g/mol. The lowest BCUT2D eigenvalue weighted by Crippen LogP contribution is -2.49. The van der Waals surface area contributed by atoms with Crippen LogP contribution < -0.4 is 5.32 Å². The lowest BCUT2D eigenvalue weighted by molar-refractivity contribution is 0.119. The van der Waals surface area contributed by atoms with Gasteiger partial charge in [-0.2, -0.15) is 0 Å². The molecule has 18 heavy (non-hydrogen) atoms. The summed E-state index contributed by atoms with van der Waals surface area (Å²) < 4.78 is 0. The van der Waals surface area contributed by atoms with Crippen molar-refractivity contribution in [2.45, 2.75) is 58.0 Å². The molecule has 0 radical (unpaired) electrons. The van der Waals surface area contributed by atoms with Gasteiger partial charge in [0.15, 0.2) is 0 Å². The van der Waals surface area contributed by atoms with E-state index in [1.165, 1.54) is 36.0 Å². The van der Waals surface area contributed by atoms with Crippen molar-refractivity contribution in [2.24, 2.45) is 0 Å². The summed E-state index contributed by atoms with van der Waals surface area (Å²) in [5, 5.41) is 13.3. The van der Waals surface area contributed by atoms with Gasteiger partial charge in [-0.1, -0.05) is 43.0 Å². The van der Waals surface area contributed by atoms with Crippen molar-refractivity contribution in [3.63, 3.8) is 0 Å². The second-order valence-corrected chi connectivity index (χ2v) is 5.78. The van der Waals surface area contributed by atoms with Crippen LogP contribution in [0.4, 0.5) is 0 Å². The third kappa shape index (κ3) is 3.12. The highest BCUT2D eigenvalue weighted by molar-refractivity contribution is 5.30. The highest BCUT2D eigenvalue weighted by Crippen LogP contribution is 2.28. The minimum atomic E-state index is -0.0333. The number of benzene rings is 1. The van der Waals surface area contributed by atoms with Crippen LogP contribution in [0, 0.1) is 13.8 Å². The summed E-state index contributed by atoms with van der Waals surface area (Å²) in [4.78, 5) is 0. The molecule has 100 valence electrons. The van der Waals surface area contributed by atoms with E-state index in [0.29, 0.717) is 0 Å². The fourth-order valence-corrected chi connectivity index (χ4v) is 2.89. The van der Waals surface area contributed by atoms with Gasteiger partial charge in [0.25, 0.3) is 0 Å². The quantitative estimate of drug-likeness (QED) is 0.857. The van der Waals surface area contributed by atoms with Crippen LogP contribution in [0.5, 0.6) is 0 Å². The van der Waals surface area contributed by atoms with Crippen LogP contribution in [0.2, 0.25) is 0 Å². The molecule has 1 aromatic carbocycles. The van der Waals surface area contributed by atoms with Gasteiger partial charge in [-0.25, -0.2) is 0 Å². The molecule has 2 rings (SSSR count). The predicted octanol–water partition coefficient (Wildman–Crippen LogP) is 3.09. The first-order chi connectivity index (χ1) is 8.65. The van der Waals surface area contributed by atoms with Gasteiger partial charge in [0.05, 0.1) is 6.61 Å². The summed E-state index contributed by atoms with van der Waals surface area (Å²) >= 11 is 0. The average molecular weight is 247 g/mol. The highest BCUT2D eigenvalue weighted by atomic mass is 16.3. The first-order valence-electron chi connectivity index (χ1n) is 7.07. The molecule has 1 fully saturated rings. The highest BCUT2D eigenvalue weighted by Gasteiger charge is 2.30. The van der Waals surface area contributed by atoms with E-state index in [1.54, 1.807) is 0 Å². The number of aliphatic hydroxyl groups excluding tert-OH is 1. The molecule has 0 saturated heterocycles. The molecule has 0 bridgehead atoms. The van der Waals surface area contributed by atoms with Gasteiger partial charge in [-0.15, -0.1) is 0 Å². The Balaban J connectivity index is 2.03. The maximum atomic E-state index is 9.68. The Kier molecular flexibility index (Phi) is 4.41. The Labute approximate surface area is 110 Å². The molecule has 0 atom stereocenters. The van der Waals surface area contributed by atoms with Crippen LogP contribution in [-0.2, 0) is 6.54 Å². The molecule has 2 heteroatoms.